The maximum Gasteiger partial charge on any atom is 0.248 e. The first-order chi connectivity index (χ1) is 26.8. The van der Waals surface area contributed by atoms with Crippen LogP contribution in [0.25, 0.3) is 16.8 Å². The van der Waals surface area contributed by atoms with Gasteiger partial charge in [-0.05, 0) is 102 Å². The number of H-pyrrole nitrogens is 1. The minimum Gasteiger partial charge on any atom is -0.347 e. The number of alkyl halides is 3. The van der Waals surface area contributed by atoms with Gasteiger partial charge in [-0.1, -0.05) is 90.1 Å². The highest BCUT2D eigenvalue weighted by Crippen LogP contribution is 2.55. The van der Waals surface area contributed by atoms with Crippen molar-refractivity contribution in [2.45, 2.75) is 148 Å². The molecule has 2 amide bonds. The Labute approximate surface area is 336 Å². The van der Waals surface area contributed by atoms with E-state index in [1.165, 1.54) is 11.1 Å². The van der Waals surface area contributed by atoms with Crippen LogP contribution < -0.4 is 10.6 Å². The second-order valence-electron chi connectivity index (χ2n) is 19.8. The van der Waals surface area contributed by atoms with E-state index in [-0.39, 0.29) is 60.3 Å². The van der Waals surface area contributed by atoms with Crippen molar-refractivity contribution in [1.82, 2.24) is 20.6 Å². The van der Waals surface area contributed by atoms with Crippen LogP contribution in [0.5, 0.6) is 0 Å². The number of nitrogens with zero attached hydrogens (tertiary/aromatic N) is 2. The molecule has 3 aliphatic carbocycles. The summed E-state index contributed by atoms with van der Waals surface area (Å²) in [5.41, 5.74) is 5.99. The molecule has 1 aliphatic heterocycles. The lowest BCUT2D eigenvalue weighted by molar-refractivity contribution is -0.131. The number of aliphatic imine (C=N–C) groups is 1. The van der Waals surface area contributed by atoms with E-state index >= 15 is 0 Å². The molecule has 3 N–H and O–H groups in total. The number of benzene rings is 2. The number of hydrogen-bond acceptors (Lipinski definition) is 4. The molecule has 10 heteroatoms. The maximum atomic E-state index is 14.4. The number of carbonyl (C=O) groups is 2. The third-order valence-corrected chi connectivity index (χ3v) is 12.9. The second-order valence-corrected chi connectivity index (χ2v) is 19.8. The van der Waals surface area contributed by atoms with Crippen LogP contribution in [0.15, 0.2) is 65.9 Å². The lowest BCUT2D eigenvalue weighted by Crippen LogP contribution is -2.51. The molecule has 0 unspecified atom stereocenters. The number of imidazole rings is 1. The van der Waals surface area contributed by atoms with Crippen LogP contribution in [0.3, 0.4) is 0 Å². The number of amides is 2. The number of carbonyl (C=O) groups excluding carboxylic acids is 2. The quantitative estimate of drug-likeness (QED) is 0.191. The van der Waals surface area contributed by atoms with Crippen LogP contribution in [-0.4, -0.2) is 45.1 Å². The number of aromatic amines is 1. The van der Waals surface area contributed by atoms with Gasteiger partial charge < -0.3 is 15.6 Å². The zero-order chi connectivity index (χ0) is 40.9. The molecule has 306 valence electrons. The largest absolute Gasteiger partial charge is 0.347 e. The van der Waals surface area contributed by atoms with Gasteiger partial charge in [-0.25, -0.2) is 18.2 Å². The Hall–Kier alpha value is -4.21. The van der Waals surface area contributed by atoms with Gasteiger partial charge in [-0.3, -0.25) is 14.6 Å². The van der Waals surface area contributed by atoms with Gasteiger partial charge in [0.15, 0.2) is 0 Å². The van der Waals surface area contributed by atoms with Gasteiger partial charge in [0.1, 0.15) is 11.5 Å². The van der Waals surface area contributed by atoms with Gasteiger partial charge in [0.05, 0.1) is 24.0 Å². The number of rotatable bonds is 10. The van der Waals surface area contributed by atoms with Crippen LogP contribution in [0, 0.1) is 22.7 Å². The Morgan fingerprint density at radius 1 is 0.737 bits per heavy atom. The van der Waals surface area contributed by atoms with Crippen molar-refractivity contribution < 1.29 is 22.8 Å². The molecule has 0 radical (unpaired) electrons. The van der Waals surface area contributed by atoms with E-state index in [1.807, 2.05) is 27.0 Å². The molecule has 4 aliphatic rings. The van der Waals surface area contributed by atoms with E-state index < -0.39 is 23.6 Å². The minimum atomic E-state index is -2.67. The van der Waals surface area contributed by atoms with E-state index in [9.17, 15) is 22.8 Å². The van der Waals surface area contributed by atoms with Crippen molar-refractivity contribution in [3.63, 3.8) is 0 Å². The predicted molar refractivity (Wildman–Crippen MR) is 221 cm³/mol. The van der Waals surface area contributed by atoms with Gasteiger partial charge in [0, 0.05) is 43.0 Å². The average Bonchev–Trinajstić information content (AvgIpc) is 3.53. The predicted octanol–water partition coefficient (Wildman–Crippen LogP) is 11.0. The van der Waals surface area contributed by atoms with E-state index in [1.54, 1.807) is 13.1 Å². The summed E-state index contributed by atoms with van der Waals surface area (Å²) in [6.07, 6.45) is 7.42. The molecule has 0 bridgehead atoms. The zero-order valence-corrected chi connectivity index (χ0v) is 34.7. The summed E-state index contributed by atoms with van der Waals surface area (Å²) in [5.74, 6) is -1.86. The van der Waals surface area contributed by atoms with Gasteiger partial charge in [0.25, 0.3) is 0 Å². The summed E-state index contributed by atoms with van der Waals surface area (Å²) in [5, 5.41) is 6.43. The molecule has 3 aromatic rings. The van der Waals surface area contributed by atoms with Crippen LogP contribution >= 0.6 is 0 Å². The molecule has 7 rings (SSSR count). The first-order valence-corrected chi connectivity index (χ1v) is 20.9. The SMILES string of the molecule is CC1(F)CCC(C(=O)N[C@H](C2=NC=C(c3ccc([C@@H]4C[C@H]4c4ccc(-c5cnc([C@@H](NC(=O)C6CCC(F)(F)CC6)C(C)(C)C)[nH]5)cc4)cc3)C2)C(C)(C)C)CC1. The van der Waals surface area contributed by atoms with Crippen LogP contribution in [0.1, 0.15) is 153 Å². The van der Waals surface area contributed by atoms with Crippen LogP contribution in [0.4, 0.5) is 13.2 Å². The van der Waals surface area contributed by atoms with E-state index in [4.69, 9.17) is 4.99 Å². The molecule has 0 saturated heterocycles. The maximum absolute atomic E-state index is 14.4. The Kier molecular flexibility index (Phi) is 11.2. The Morgan fingerprint density at radius 3 is 1.75 bits per heavy atom. The summed E-state index contributed by atoms with van der Waals surface area (Å²) in [6.45, 7) is 14.1. The highest BCUT2D eigenvalue weighted by molar-refractivity contribution is 6.03. The van der Waals surface area contributed by atoms with E-state index in [0.717, 1.165) is 34.5 Å². The summed E-state index contributed by atoms with van der Waals surface area (Å²) in [4.78, 5) is 39.4. The molecule has 3 fully saturated rings. The molecule has 3 saturated carbocycles. The topological polar surface area (TPSA) is 99.2 Å². The molecule has 7 nitrogen and oxygen atoms in total. The van der Waals surface area contributed by atoms with Crippen molar-refractivity contribution in [2.24, 2.45) is 27.7 Å². The summed E-state index contributed by atoms with van der Waals surface area (Å²) >= 11 is 0. The molecule has 4 atom stereocenters. The molecule has 2 aromatic carbocycles. The fraction of sp³-hybridized carbons (Fsp3) is 0.574. The molecular weight excluding hydrogens is 724 g/mol. The smallest absolute Gasteiger partial charge is 0.248 e. The lowest BCUT2D eigenvalue weighted by Gasteiger charge is -2.35. The average molecular weight is 784 g/mol. The standard InChI is InChI=1S/C47H60F3N5O2/c1-44(2,3)39(54-42(56)32-16-20-46(7,48)21-17-32)37-24-34(26-51-37)28-8-10-29(11-9-28)35-25-36(35)30-12-14-31(15-13-30)38-27-52-41(53-38)40(45(4,5)6)55-43(57)33-18-22-47(49,50)23-19-33/h8-15,26-27,32-33,35-36,39-40H,16-25H2,1-7H3,(H,52,53)(H,54,56)(H,55,57)/t32?,35-,36-,39+,40+,46?/m0/s1. The first kappa shape index (κ1) is 41.0. The minimum absolute atomic E-state index is 0.0115. The van der Waals surface area contributed by atoms with Gasteiger partial charge in [0.2, 0.25) is 17.7 Å². The van der Waals surface area contributed by atoms with Gasteiger partial charge >= 0.3 is 0 Å². The Morgan fingerprint density at radius 2 is 1.23 bits per heavy atom. The lowest BCUT2D eigenvalue weighted by atomic mass is 9.79. The number of halogens is 3. The van der Waals surface area contributed by atoms with Gasteiger partial charge in [-0.15, -0.1) is 0 Å². The monoisotopic (exact) mass is 783 g/mol. The number of aromatic nitrogens is 2. The number of hydrogen-bond donors (Lipinski definition) is 3. The van der Waals surface area contributed by atoms with E-state index in [0.29, 0.717) is 49.8 Å². The third kappa shape index (κ3) is 9.58. The van der Waals surface area contributed by atoms with Crippen molar-refractivity contribution in [2.75, 3.05) is 0 Å². The van der Waals surface area contributed by atoms with Crippen LogP contribution in [0.2, 0.25) is 0 Å². The van der Waals surface area contributed by atoms with Crippen molar-refractivity contribution in [3.05, 3.63) is 83.4 Å². The summed E-state index contributed by atoms with van der Waals surface area (Å²) in [7, 11) is 0. The normalized spacial score (nSPS) is 26.2. The van der Waals surface area contributed by atoms with Crippen LogP contribution in [-0.2, 0) is 9.59 Å². The number of nitrogens with one attached hydrogen (secondary N) is 3. The first-order valence-electron chi connectivity index (χ1n) is 20.9. The highest BCUT2D eigenvalue weighted by Gasteiger charge is 2.42. The third-order valence-electron chi connectivity index (χ3n) is 12.9. The molecule has 57 heavy (non-hydrogen) atoms. The van der Waals surface area contributed by atoms with Crippen molar-refractivity contribution >= 4 is 23.1 Å². The molecule has 0 spiro atoms. The summed E-state index contributed by atoms with van der Waals surface area (Å²) in [6, 6.07) is 16.9. The summed E-state index contributed by atoms with van der Waals surface area (Å²) < 4.78 is 41.8. The zero-order valence-electron chi connectivity index (χ0n) is 34.7. The second kappa shape index (κ2) is 15.5. The fourth-order valence-corrected chi connectivity index (χ4v) is 9.02. The molecular formula is C47H60F3N5O2. The van der Waals surface area contributed by atoms with Gasteiger partial charge in [-0.2, -0.15) is 0 Å². The number of allylic oxidation sites excluding steroid dienone is 1. The van der Waals surface area contributed by atoms with Crippen molar-refractivity contribution in [1.29, 1.82) is 0 Å². The Balaban J connectivity index is 0.934. The fourth-order valence-electron chi connectivity index (χ4n) is 9.02. The van der Waals surface area contributed by atoms with E-state index in [2.05, 4.69) is 89.9 Å². The molecule has 2 heterocycles. The van der Waals surface area contributed by atoms with Crippen molar-refractivity contribution in [3.8, 4) is 11.3 Å². The molecule has 1 aromatic heterocycles. The highest BCUT2D eigenvalue weighted by atomic mass is 19.3. The Bertz CT molecular complexity index is 1980.